The van der Waals surface area contributed by atoms with Crippen LogP contribution in [-0.2, 0) is 10.0 Å². The summed E-state index contributed by atoms with van der Waals surface area (Å²) < 4.78 is 44.8. The van der Waals surface area contributed by atoms with Gasteiger partial charge in [-0.05, 0) is 42.3 Å². The first kappa shape index (κ1) is 16.8. The SMILES string of the molecule is CN(C)c1noc(C2CCN(S(=O)(=O)c3ccc(F)cc3)CC2)n1. The lowest BCUT2D eigenvalue weighted by atomic mass is 9.98. The largest absolute Gasteiger partial charge is 0.344 e. The second-order valence-electron chi connectivity index (χ2n) is 5.96. The Morgan fingerprint density at radius 2 is 1.83 bits per heavy atom. The zero-order chi connectivity index (χ0) is 17.3. The molecule has 0 amide bonds. The van der Waals surface area contributed by atoms with Gasteiger partial charge in [0, 0.05) is 33.1 Å². The van der Waals surface area contributed by atoms with Gasteiger partial charge in [-0.25, -0.2) is 12.8 Å². The Balaban J connectivity index is 1.68. The minimum atomic E-state index is -3.60. The van der Waals surface area contributed by atoms with Gasteiger partial charge in [-0.3, -0.25) is 0 Å². The van der Waals surface area contributed by atoms with Crippen LogP contribution in [0.15, 0.2) is 33.7 Å². The van der Waals surface area contributed by atoms with E-state index in [0.717, 1.165) is 12.1 Å². The van der Waals surface area contributed by atoms with Crippen LogP contribution in [0.1, 0.15) is 24.7 Å². The molecule has 2 aromatic rings. The Bertz CT molecular complexity index is 796. The van der Waals surface area contributed by atoms with Crippen LogP contribution < -0.4 is 4.90 Å². The first-order valence-corrected chi connectivity index (χ1v) is 9.08. The van der Waals surface area contributed by atoms with E-state index in [1.54, 1.807) is 4.90 Å². The quantitative estimate of drug-likeness (QED) is 0.834. The van der Waals surface area contributed by atoms with E-state index < -0.39 is 15.8 Å². The summed E-state index contributed by atoms with van der Waals surface area (Å²) in [6.07, 6.45) is 1.21. The van der Waals surface area contributed by atoms with Gasteiger partial charge in [0.05, 0.1) is 4.90 Å². The third-order valence-electron chi connectivity index (χ3n) is 4.09. The predicted octanol–water partition coefficient (Wildman–Crippen LogP) is 1.84. The maximum absolute atomic E-state index is 13.0. The molecule has 3 rings (SSSR count). The van der Waals surface area contributed by atoms with Crippen molar-refractivity contribution in [3.05, 3.63) is 36.0 Å². The molecule has 0 saturated carbocycles. The number of nitrogens with zero attached hydrogens (tertiary/aromatic N) is 4. The van der Waals surface area contributed by atoms with Crippen molar-refractivity contribution in [1.82, 2.24) is 14.4 Å². The highest BCUT2D eigenvalue weighted by molar-refractivity contribution is 7.89. The second kappa shape index (κ2) is 6.48. The molecule has 0 unspecified atom stereocenters. The molecule has 0 N–H and O–H groups in total. The number of halogens is 1. The summed E-state index contributed by atoms with van der Waals surface area (Å²) in [5.74, 6) is 0.635. The Morgan fingerprint density at radius 3 is 2.38 bits per heavy atom. The predicted molar refractivity (Wildman–Crippen MR) is 85.8 cm³/mol. The van der Waals surface area contributed by atoms with E-state index in [-0.39, 0.29) is 10.8 Å². The van der Waals surface area contributed by atoms with Crippen molar-refractivity contribution >= 4 is 16.0 Å². The van der Waals surface area contributed by atoms with E-state index >= 15 is 0 Å². The van der Waals surface area contributed by atoms with Gasteiger partial charge in [0.25, 0.3) is 5.95 Å². The van der Waals surface area contributed by atoms with E-state index in [4.69, 9.17) is 4.52 Å². The standard InChI is InChI=1S/C15H19FN4O3S/c1-19(2)15-17-14(23-18-15)11-7-9-20(10-8-11)24(21,22)13-5-3-12(16)4-6-13/h3-6,11H,7-10H2,1-2H3. The summed E-state index contributed by atoms with van der Waals surface area (Å²) in [7, 11) is 0.0510. The summed E-state index contributed by atoms with van der Waals surface area (Å²) in [6, 6.07) is 4.89. The van der Waals surface area contributed by atoms with Gasteiger partial charge in [0.1, 0.15) is 5.82 Å². The Labute approximate surface area is 140 Å². The molecule has 2 heterocycles. The fraction of sp³-hybridized carbons (Fsp3) is 0.467. The molecule has 9 heteroatoms. The van der Waals surface area contributed by atoms with Crippen molar-refractivity contribution in [1.29, 1.82) is 0 Å². The lowest BCUT2D eigenvalue weighted by molar-refractivity contribution is 0.270. The Morgan fingerprint density at radius 1 is 1.21 bits per heavy atom. The van der Waals surface area contributed by atoms with Gasteiger partial charge in [-0.15, -0.1) is 0 Å². The van der Waals surface area contributed by atoms with E-state index in [1.165, 1.54) is 16.4 Å². The Kier molecular flexibility index (Phi) is 4.55. The van der Waals surface area contributed by atoms with Gasteiger partial charge >= 0.3 is 0 Å². The molecule has 24 heavy (non-hydrogen) atoms. The third-order valence-corrected chi connectivity index (χ3v) is 6.00. The molecule has 1 aliphatic heterocycles. The third kappa shape index (κ3) is 3.27. The molecule has 7 nitrogen and oxygen atoms in total. The molecule has 1 aliphatic rings. The minimum Gasteiger partial charge on any atom is -0.344 e. The molecule has 1 aromatic carbocycles. The monoisotopic (exact) mass is 354 g/mol. The first-order chi connectivity index (χ1) is 11.4. The zero-order valence-electron chi connectivity index (χ0n) is 13.5. The molecule has 0 aliphatic carbocycles. The molecule has 1 saturated heterocycles. The second-order valence-corrected chi connectivity index (χ2v) is 7.90. The van der Waals surface area contributed by atoms with Crippen molar-refractivity contribution in [3.8, 4) is 0 Å². The fourth-order valence-electron chi connectivity index (χ4n) is 2.67. The highest BCUT2D eigenvalue weighted by atomic mass is 32.2. The number of piperidine rings is 1. The van der Waals surface area contributed by atoms with Crippen LogP contribution in [-0.4, -0.2) is 50.0 Å². The molecule has 130 valence electrons. The maximum Gasteiger partial charge on any atom is 0.265 e. The van der Waals surface area contributed by atoms with E-state index in [1.807, 2.05) is 14.1 Å². The van der Waals surface area contributed by atoms with E-state index in [9.17, 15) is 12.8 Å². The highest BCUT2D eigenvalue weighted by Gasteiger charge is 2.32. The van der Waals surface area contributed by atoms with Gasteiger partial charge in [-0.1, -0.05) is 0 Å². The maximum atomic E-state index is 13.0. The van der Waals surface area contributed by atoms with Gasteiger partial charge in [0.2, 0.25) is 15.9 Å². The number of rotatable bonds is 4. The van der Waals surface area contributed by atoms with Crippen molar-refractivity contribution in [2.24, 2.45) is 0 Å². The van der Waals surface area contributed by atoms with E-state index in [0.29, 0.717) is 37.8 Å². The van der Waals surface area contributed by atoms with Crippen LogP contribution in [0.25, 0.3) is 0 Å². The molecule has 1 fully saturated rings. The summed E-state index contributed by atoms with van der Waals surface area (Å²) in [5.41, 5.74) is 0. The number of sulfonamides is 1. The molecule has 1 aromatic heterocycles. The number of anilines is 1. The van der Waals surface area contributed by atoms with E-state index in [2.05, 4.69) is 10.1 Å². The topological polar surface area (TPSA) is 79.5 Å². The average Bonchev–Trinajstić information content (AvgIpc) is 3.06. The molecular formula is C15H19FN4O3S. The molecule has 0 atom stereocenters. The van der Waals surface area contributed by atoms with Crippen LogP contribution in [0, 0.1) is 5.82 Å². The summed E-state index contributed by atoms with van der Waals surface area (Å²) in [4.78, 5) is 6.18. The van der Waals surface area contributed by atoms with Crippen molar-refractivity contribution in [2.75, 3.05) is 32.1 Å². The number of aromatic nitrogens is 2. The highest BCUT2D eigenvalue weighted by Crippen LogP contribution is 2.30. The van der Waals surface area contributed by atoms with Crippen molar-refractivity contribution in [2.45, 2.75) is 23.7 Å². The van der Waals surface area contributed by atoms with Crippen molar-refractivity contribution in [3.63, 3.8) is 0 Å². The molecule has 0 spiro atoms. The summed E-state index contributed by atoms with van der Waals surface area (Å²) >= 11 is 0. The van der Waals surface area contributed by atoms with Crippen LogP contribution in [0.5, 0.6) is 0 Å². The fourth-order valence-corrected chi connectivity index (χ4v) is 4.14. The van der Waals surface area contributed by atoms with Crippen LogP contribution >= 0.6 is 0 Å². The number of hydrogen-bond acceptors (Lipinski definition) is 6. The molecular weight excluding hydrogens is 335 g/mol. The number of hydrogen-bond donors (Lipinski definition) is 0. The van der Waals surface area contributed by atoms with Gasteiger partial charge in [0.15, 0.2) is 0 Å². The average molecular weight is 354 g/mol. The van der Waals surface area contributed by atoms with Gasteiger partial charge in [-0.2, -0.15) is 9.29 Å². The lowest BCUT2D eigenvalue weighted by Crippen LogP contribution is -2.37. The van der Waals surface area contributed by atoms with Crippen LogP contribution in [0.4, 0.5) is 10.3 Å². The van der Waals surface area contributed by atoms with Crippen LogP contribution in [0.2, 0.25) is 0 Å². The summed E-state index contributed by atoms with van der Waals surface area (Å²) in [5, 5.41) is 3.89. The first-order valence-electron chi connectivity index (χ1n) is 7.64. The van der Waals surface area contributed by atoms with Crippen molar-refractivity contribution < 1.29 is 17.3 Å². The number of benzene rings is 1. The zero-order valence-corrected chi connectivity index (χ0v) is 14.3. The van der Waals surface area contributed by atoms with Gasteiger partial charge < -0.3 is 9.42 Å². The molecule has 0 bridgehead atoms. The minimum absolute atomic E-state index is 0.0471. The lowest BCUT2D eigenvalue weighted by Gasteiger charge is -2.29. The van der Waals surface area contributed by atoms with Crippen LogP contribution in [0.3, 0.4) is 0 Å². The normalized spacial score (nSPS) is 17.1. The smallest absolute Gasteiger partial charge is 0.265 e. The Hall–Kier alpha value is -2.00. The molecule has 0 radical (unpaired) electrons. The summed E-state index contributed by atoms with van der Waals surface area (Å²) in [6.45, 7) is 0.730.